The summed E-state index contributed by atoms with van der Waals surface area (Å²) in [7, 11) is 1.56. The number of methoxy groups -OCH3 is 1. The molecule has 1 saturated heterocycles. The first-order valence-electron chi connectivity index (χ1n) is 13.3. The van der Waals surface area contributed by atoms with Gasteiger partial charge in [0.15, 0.2) is 22.2 Å². The zero-order valence-electron chi connectivity index (χ0n) is 23.3. The SMILES string of the molecule is CCOC(=O)C1=C(C)N=c2s/c(=C\c3ccc(N4CCOCC4)o3)c(=O)n2[C@H]1c1ccc(OC(C)C)c(OC)c1. The molecule has 1 atom stereocenters. The number of furan rings is 1. The molecular formula is C29H33N3O7S. The maximum Gasteiger partial charge on any atom is 0.338 e. The standard InChI is InChI=1S/C29H33N3O7S/c1-6-37-28(34)25-18(4)30-29-32(26(25)19-7-9-21(38-17(2)3)22(15-19)35-5)27(33)23(40-29)16-20-8-10-24(39-20)31-11-13-36-14-12-31/h7-10,15-17,26H,6,11-14H2,1-5H3/b23-16-/t26-/m0/s1. The van der Waals surface area contributed by atoms with Crippen LogP contribution in [0.15, 0.2) is 55.8 Å². The maximum absolute atomic E-state index is 13.9. The summed E-state index contributed by atoms with van der Waals surface area (Å²) in [6, 6.07) is 8.39. The minimum absolute atomic E-state index is 0.0555. The van der Waals surface area contributed by atoms with Gasteiger partial charge in [-0.2, -0.15) is 0 Å². The van der Waals surface area contributed by atoms with E-state index in [-0.39, 0.29) is 18.3 Å². The Hall–Kier alpha value is -3.83. The number of aromatic nitrogens is 1. The predicted molar refractivity (Wildman–Crippen MR) is 151 cm³/mol. The van der Waals surface area contributed by atoms with E-state index in [0.717, 1.165) is 19.0 Å². The Morgan fingerprint density at radius 3 is 2.67 bits per heavy atom. The number of allylic oxidation sites excluding steroid dienone is 1. The van der Waals surface area contributed by atoms with Gasteiger partial charge in [-0.25, -0.2) is 9.79 Å². The minimum Gasteiger partial charge on any atom is -0.493 e. The fraction of sp³-hybridized carbons (Fsp3) is 0.414. The second kappa shape index (κ2) is 11.7. The average Bonchev–Trinajstić information content (AvgIpc) is 3.53. The lowest BCUT2D eigenvalue weighted by Crippen LogP contribution is -2.40. The molecule has 0 bridgehead atoms. The summed E-state index contributed by atoms with van der Waals surface area (Å²) in [5.41, 5.74) is 1.18. The van der Waals surface area contributed by atoms with E-state index in [2.05, 4.69) is 9.89 Å². The Kier molecular flexibility index (Phi) is 8.13. The van der Waals surface area contributed by atoms with Gasteiger partial charge in [0.2, 0.25) is 0 Å². The Bertz CT molecular complexity index is 1610. The molecule has 5 rings (SSSR count). The van der Waals surface area contributed by atoms with Crippen LogP contribution in [0.5, 0.6) is 11.5 Å². The van der Waals surface area contributed by atoms with Gasteiger partial charge in [-0.3, -0.25) is 9.36 Å². The van der Waals surface area contributed by atoms with Crippen molar-refractivity contribution < 1.29 is 28.2 Å². The molecule has 0 amide bonds. The van der Waals surface area contributed by atoms with Crippen LogP contribution in [-0.2, 0) is 14.3 Å². The van der Waals surface area contributed by atoms with Gasteiger partial charge >= 0.3 is 5.97 Å². The van der Waals surface area contributed by atoms with Crippen LogP contribution in [0.25, 0.3) is 6.08 Å². The van der Waals surface area contributed by atoms with Crippen LogP contribution in [0, 0.1) is 0 Å². The number of ether oxygens (including phenoxy) is 4. The van der Waals surface area contributed by atoms with E-state index >= 15 is 0 Å². The van der Waals surface area contributed by atoms with E-state index in [1.54, 1.807) is 43.7 Å². The third kappa shape index (κ3) is 5.44. The van der Waals surface area contributed by atoms with Crippen molar-refractivity contribution in [3.8, 4) is 11.5 Å². The van der Waals surface area contributed by atoms with Crippen molar-refractivity contribution in [2.24, 2.45) is 4.99 Å². The number of hydrogen-bond donors (Lipinski definition) is 0. The van der Waals surface area contributed by atoms with Crippen molar-refractivity contribution in [2.45, 2.75) is 39.8 Å². The van der Waals surface area contributed by atoms with Crippen LogP contribution in [0.3, 0.4) is 0 Å². The van der Waals surface area contributed by atoms with Crippen molar-refractivity contribution in [1.82, 2.24) is 4.57 Å². The number of morpholine rings is 1. The number of esters is 1. The molecular weight excluding hydrogens is 534 g/mol. The number of thiazole rings is 1. The highest BCUT2D eigenvalue weighted by molar-refractivity contribution is 7.07. The van der Waals surface area contributed by atoms with Gasteiger partial charge in [-0.05, 0) is 51.5 Å². The van der Waals surface area contributed by atoms with Gasteiger partial charge in [0.25, 0.3) is 5.56 Å². The summed E-state index contributed by atoms with van der Waals surface area (Å²) >= 11 is 1.24. The monoisotopic (exact) mass is 567 g/mol. The minimum atomic E-state index is -0.764. The number of benzene rings is 1. The molecule has 1 aromatic carbocycles. The first-order chi connectivity index (χ1) is 19.3. The normalized spacial score (nSPS) is 17.6. The van der Waals surface area contributed by atoms with Crippen molar-refractivity contribution in [1.29, 1.82) is 0 Å². The van der Waals surface area contributed by atoms with Crippen LogP contribution in [-0.4, -0.2) is 56.7 Å². The first-order valence-corrected chi connectivity index (χ1v) is 14.1. The summed E-state index contributed by atoms with van der Waals surface area (Å²) in [6.45, 7) is 10.3. The second-order valence-electron chi connectivity index (χ2n) is 9.65. The number of fused-ring (bicyclic) bond motifs is 1. The van der Waals surface area contributed by atoms with E-state index in [9.17, 15) is 9.59 Å². The third-order valence-corrected chi connectivity index (χ3v) is 7.57. The average molecular weight is 568 g/mol. The Balaban J connectivity index is 1.62. The molecule has 3 aromatic rings. The zero-order chi connectivity index (χ0) is 28.4. The van der Waals surface area contributed by atoms with Crippen LogP contribution < -0.4 is 29.3 Å². The summed E-state index contributed by atoms with van der Waals surface area (Å²) in [5, 5.41) is 0. The first kappa shape index (κ1) is 27.7. The van der Waals surface area contributed by atoms with E-state index < -0.39 is 12.0 Å². The third-order valence-electron chi connectivity index (χ3n) is 6.59. The van der Waals surface area contributed by atoms with Gasteiger partial charge in [-0.1, -0.05) is 17.4 Å². The zero-order valence-corrected chi connectivity index (χ0v) is 24.1. The van der Waals surface area contributed by atoms with E-state index in [4.69, 9.17) is 23.4 Å². The predicted octanol–water partition coefficient (Wildman–Crippen LogP) is 3.02. The molecule has 0 unspecified atom stereocenters. The second-order valence-corrected chi connectivity index (χ2v) is 10.7. The van der Waals surface area contributed by atoms with Crippen molar-refractivity contribution in [3.63, 3.8) is 0 Å². The molecule has 0 radical (unpaired) electrons. The van der Waals surface area contributed by atoms with E-state index in [1.807, 2.05) is 32.0 Å². The highest BCUT2D eigenvalue weighted by atomic mass is 32.1. The highest BCUT2D eigenvalue weighted by Crippen LogP contribution is 2.36. The topological polar surface area (TPSA) is 105 Å². The molecule has 1 fully saturated rings. The summed E-state index contributed by atoms with van der Waals surface area (Å²) < 4.78 is 30.3. The van der Waals surface area contributed by atoms with Gasteiger partial charge in [0.1, 0.15) is 5.76 Å². The Morgan fingerprint density at radius 1 is 1.20 bits per heavy atom. The van der Waals surface area contributed by atoms with Crippen molar-refractivity contribution in [3.05, 3.63) is 72.6 Å². The lowest BCUT2D eigenvalue weighted by atomic mass is 9.95. The fourth-order valence-corrected chi connectivity index (χ4v) is 5.84. The molecule has 0 aliphatic carbocycles. The Labute approximate surface area is 235 Å². The molecule has 2 aliphatic heterocycles. The van der Waals surface area contributed by atoms with Gasteiger partial charge < -0.3 is 28.3 Å². The van der Waals surface area contributed by atoms with Gasteiger partial charge in [-0.15, -0.1) is 0 Å². The molecule has 2 aromatic heterocycles. The number of rotatable bonds is 8. The van der Waals surface area contributed by atoms with E-state index in [0.29, 0.717) is 56.6 Å². The number of carbonyl (C=O) groups excluding carboxylic acids is 1. The van der Waals surface area contributed by atoms with Crippen molar-refractivity contribution in [2.75, 3.05) is 44.9 Å². The number of nitrogens with zero attached hydrogens (tertiary/aromatic N) is 3. The summed E-state index contributed by atoms with van der Waals surface area (Å²) in [6.07, 6.45) is 1.66. The lowest BCUT2D eigenvalue weighted by molar-refractivity contribution is -0.139. The van der Waals surface area contributed by atoms with Crippen LogP contribution in [0.4, 0.5) is 5.88 Å². The fourth-order valence-electron chi connectivity index (χ4n) is 4.82. The van der Waals surface area contributed by atoms with Gasteiger partial charge in [0.05, 0.1) is 54.9 Å². The van der Waals surface area contributed by atoms with Crippen LogP contribution in [0.1, 0.15) is 45.1 Å². The highest BCUT2D eigenvalue weighted by Gasteiger charge is 2.34. The molecule has 11 heteroatoms. The smallest absolute Gasteiger partial charge is 0.338 e. The molecule has 212 valence electrons. The molecule has 10 nitrogen and oxygen atoms in total. The van der Waals surface area contributed by atoms with Crippen LogP contribution in [0.2, 0.25) is 0 Å². The molecule has 0 N–H and O–H groups in total. The largest absolute Gasteiger partial charge is 0.493 e. The summed E-state index contributed by atoms with van der Waals surface area (Å²) in [4.78, 5) is 34.3. The number of hydrogen-bond acceptors (Lipinski definition) is 10. The van der Waals surface area contributed by atoms with Crippen molar-refractivity contribution >= 4 is 29.3 Å². The number of carbonyl (C=O) groups is 1. The lowest BCUT2D eigenvalue weighted by Gasteiger charge is -2.26. The maximum atomic E-state index is 13.9. The van der Waals surface area contributed by atoms with Gasteiger partial charge in [0, 0.05) is 25.2 Å². The van der Waals surface area contributed by atoms with Crippen LogP contribution >= 0.6 is 11.3 Å². The molecule has 0 saturated carbocycles. The van der Waals surface area contributed by atoms with E-state index in [1.165, 1.54) is 11.3 Å². The molecule has 40 heavy (non-hydrogen) atoms. The molecule has 2 aliphatic rings. The Morgan fingerprint density at radius 2 is 1.98 bits per heavy atom. The quantitative estimate of drug-likeness (QED) is 0.383. The summed E-state index contributed by atoms with van der Waals surface area (Å²) in [5.74, 6) is 1.84. The number of anilines is 1. The molecule has 4 heterocycles. The molecule has 0 spiro atoms.